The summed E-state index contributed by atoms with van der Waals surface area (Å²) in [7, 11) is 0. The maximum atomic E-state index is 11.7. The van der Waals surface area contributed by atoms with Crippen LogP contribution in [0.2, 0.25) is 0 Å². The van der Waals surface area contributed by atoms with Gasteiger partial charge in [-0.05, 0) is 36.1 Å². The van der Waals surface area contributed by atoms with Gasteiger partial charge in [0.25, 0.3) is 5.56 Å². The lowest BCUT2D eigenvalue weighted by atomic mass is 9.91. The molecule has 0 amide bonds. The molecule has 2 unspecified atom stereocenters. The smallest absolute Gasteiger partial charge is 0.273 e. The normalized spacial score (nSPS) is 23.6. The molecule has 0 radical (unpaired) electrons. The number of nitrogens with zero attached hydrogens (tertiary/aromatic N) is 2. The predicted octanol–water partition coefficient (Wildman–Crippen LogP) is 3.21. The second-order valence-electron chi connectivity index (χ2n) is 6.01. The molecule has 20 heavy (non-hydrogen) atoms. The van der Waals surface area contributed by atoms with E-state index in [9.17, 15) is 4.79 Å². The molecule has 2 aromatic heterocycles. The number of pyridine rings is 1. The van der Waals surface area contributed by atoms with Gasteiger partial charge in [-0.25, -0.2) is 0 Å². The van der Waals surface area contributed by atoms with Crippen molar-refractivity contribution in [2.45, 2.75) is 31.1 Å². The van der Waals surface area contributed by atoms with Crippen molar-refractivity contribution in [3.63, 3.8) is 0 Å². The van der Waals surface area contributed by atoms with Crippen LogP contribution >= 0.6 is 0 Å². The monoisotopic (exact) mass is 262 g/mol. The Bertz CT molecular complexity index is 925. The molecule has 2 heterocycles. The Morgan fingerprint density at radius 1 is 1.05 bits per heavy atom. The van der Waals surface area contributed by atoms with E-state index in [0.717, 1.165) is 11.0 Å². The van der Waals surface area contributed by atoms with Gasteiger partial charge in [0.1, 0.15) is 5.65 Å². The van der Waals surface area contributed by atoms with Crippen molar-refractivity contribution in [3.05, 3.63) is 58.1 Å². The highest BCUT2D eigenvalue weighted by molar-refractivity contribution is 5.97. The quantitative estimate of drug-likeness (QED) is 0.583. The molecule has 0 spiro atoms. The zero-order valence-electron chi connectivity index (χ0n) is 11.0. The van der Waals surface area contributed by atoms with E-state index in [1.54, 1.807) is 6.07 Å². The second-order valence-corrected chi connectivity index (χ2v) is 6.01. The molecule has 3 heteroatoms. The lowest BCUT2D eigenvalue weighted by molar-refractivity contribution is 0.688. The van der Waals surface area contributed by atoms with Gasteiger partial charge in [-0.2, -0.15) is 4.98 Å². The number of aromatic nitrogens is 2. The summed E-state index contributed by atoms with van der Waals surface area (Å²) in [6.45, 7) is 0. The van der Waals surface area contributed by atoms with Gasteiger partial charge in [0.15, 0.2) is 0 Å². The molecule has 1 aromatic carbocycles. The van der Waals surface area contributed by atoms with E-state index >= 15 is 0 Å². The van der Waals surface area contributed by atoms with E-state index < -0.39 is 0 Å². The summed E-state index contributed by atoms with van der Waals surface area (Å²) < 4.78 is 2.17. The van der Waals surface area contributed by atoms with Crippen LogP contribution in [0, 0.1) is 0 Å². The van der Waals surface area contributed by atoms with Crippen LogP contribution in [0.15, 0.2) is 41.3 Å². The van der Waals surface area contributed by atoms with Crippen LogP contribution in [0.1, 0.15) is 42.4 Å². The molecule has 1 fully saturated rings. The fourth-order valence-electron chi connectivity index (χ4n) is 4.31. The Kier molecular flexibility index (Phi) is 1.85. The van der Waals surface area contributed by atoms with Crippen LogP contribution in [0.3, 0.4) is 0 Å². The van der Waals surface area contributed by atoms with E-state index in [1.807, 2.05) is 12.3 Å². The van der Waals surface area contributed by atoms with Crippen LogP contribution in [0.4, 0.5) is 0 Å². The molecule has 98 valence electrons. The van der Waals surface area contributed by atoms with Crippen molar-refractivity contribution >= 4 is 16.4 Å². The number of hydrogen-bond donors (Lipinski definition) is 0. The Morgan fingerprint density at radius 3 is 2.75 bits per heavy atom. The minimum atomic E-state index is -0.154. The molecule has 2 aliphatic rings. The van der Waals surface area contributed by atoms with E-state index in [1.165, 1.54) is 35.9 Å². The van der Waals surface area contributed by atoms with Crippen molar-refractivity contribution in [2.24, 2.45) is 0 Å². The van der Waals surface area contributed by atoms with Gasteiger partial charge in [-0.1, -0.05) is 24.3 Å². The SMILES string of the molecule is O=c1ccn2c3c(c4ccccc4c2n1)C1CCC3C1. The van der Waals surface area contributed by atoms with Crippen molar-refractivity contribution < 1.29 is 0 Å². The predicted molar refractivity (Wildman–Crippen MR) is 78.3 cm³/mol. The second kappa shape index (κ2) is 3.48. The minimum Gasteiger partial charge on any atom is -0.304 e. The minimum absolute atomic E-state index is 0.154. The van der Waals surface area contributed by atoms with E-state index in [0.29, 0.717) is 11.8 Å². The number of rotatable bonds is 0. The van der Waals surface area contributed by atoms with Gasteiger partial charge in [0.05, 0.1) is 0 Å². The summed E-state index contributed by atoms with van der Waals surface area (Å²) in [4.78, 5) is 15.9. The number of fused-ring (bicyclic) bond motifs is 10. The molecule has 0 N–H and O–H groups in total. The standard InChI is InChI=1S/C17H14N2O/c20-14-7-8-19-16-11-6-5-10(9-11)15(16)12-3-1-2-4-13(12)17(19)18-14/h1-4,7-8,10-11H,5-6,9H2. The summed E-state index contributed by atoms with van der Waals surface area (Å²) in [6.07, 6.45) is 5.76. The molecule has 0 saturated heterocycles. The maximum Gasteiger partial charge on any atom is 0.273 e. The maximum absolute atomic E-state index is 11.7. The van der Waals surface area contributed by atoms with Crippen LogP contribution < -0.4 is 5.56 Å². The molecule has 1 saturated carbocycles. The molecule has 2 aliphatic carbocycles. The Labute approximate surface area is 115 Å². The molecule has 5 rings (SSSR count). The fraction of sp³-hybridized carbons (Fsp3) is 0.294. The van der Waals surface area contributed by atoms with Crippen LogP contribution in [0.5, 0.6) is 0 Å². The van der Waals surface area contributed by atoms with Gasteiger partial charge < -0.3 is 4.40 Å². The summed E-state index contributed by atoms with van der Waals surface area (Å²) in [5, 5.41) is 2.41. The van der Waals surface area contributed by atoms with Gasteiger partial charge in [-0.3, -0.25) is 4.79 Å². The largest absolute Gasteiger partial charge is 0.304 e. The lowest BCUT2D eigenvalue weighted by Crippen LogP contribution is -2.13. The van der Waals surface area contributed by atoms with Gasteiger partial charge in [0, 0.05) is 29.3 Å². The average molecular weight is 262 g/mol. The molecule has 2 bridgehead atoms. The first-order valence-corrected chi connectivity index (χ1v) is 7.27. The van der Waals surface area contributed by atoms with E-state index in [-0.39, 0.29) is 5.56 Å². The average Bonchev–Trinajstić information content (AvgIpc) is 3.09. The summed E-state index contributed by atoms with van der Waals surface area (Å²) in [5.74, 6) is 1.34. The third-order valence-corrected chi connectivity index (χ3v) is 5.03. The van der Waals surface area contributed by atoms with Crippen molar-refractivity contribution in [3.8, 4) is 0 Å². The molecule has 3 nitrogen and oxygen atoms in total. The van der Waals surface area contributed by atoms with E-state index in [2.05, 4.69) is 27.6 Å². The van der Waals surface area contributed by atoms with Crippen molar-refractivity contribution in [1.29, 1.82) is 0 Å². The first-order chi connectivity index (χ1) is 9.83. The van der Waals surface area contributed by atoms with Gasteiger partial charge in [-0.15, -0.1) is 0 Å². The highest BCUT2D eigenvalue weighted by atomic mass is 16.1. The van der Waals surface area contributed by atoms with Gasteiger partial charge >= 0.3 is 0 Å². The number of benzene rings is 1. The fourth-order valence-corrected chi connectivity index (χ4v) is 4.31. The molecular formula is C17H14N2O. The van der Waals surface area contributed by atoms with Crippen LogP contribution in [-0.2, 0) is 0 Å². The summed E-state index contributed by atoms with van der Waals surface area (Å²) in [6, 6.07) is 9.97. The van der Waals surface area contributed by atoms with Gasteiger partial charge in [0.2, 0.25) is 0 Å². The zero-order chi connectivity index (χ0) is 13.3. The Hall–Kier alpha value is -2.16. The van der Waals surface area contributed by atoms with Crippen molar-refractivity contribution in [1.82, 2.24) is 9.38 Å². The highest BCUT2D eigenvalue weighted by Crippen LogP contribution is 2.55. The van der Waals surface area contributed by atoms with Crippen LogP contribution in [0.25, 0.3) is 16.4 Å². The molecule has 3 aromatic rings. The first kappa shape index (κ1) is 10.6. The number of hydrogen-bond acceptors (Lipinski definition) is 2. The summed E-state index contributed by atoms with van der Waals surface area (Å²) >= 11 is 0. The molecule has 2 atom stereocenters. The Morgan fingerprint density at radius 2 is 1.85 bits per heavy atom. The molecule has 0 aliphatic heterocycles. The zero-order valence-corrected chi connectivity index (χ0v) is 11.0. The third kappa shape index (κ3) is 1.16. The lowest BCUT2D eigenvalue weighted by Gasteiger charge is -2.21. The molecular weight excluding hydrogens is 248 g/mol. The first-order valence-electron chi connectivity index (χ1n) is 7.27. The third-order valence-electron chi connectivity index (χ3n) is 5.03. The van der Waals surface area contributed by atoms with E-state index in [4.69, 9.17) is 0 Å². The topological polar surface area (TPSA) is 34.4 Å². The Balaban J connectivity index is 2.10. The summed E-state index contributed by atoms with van der Waals surface area (Å²) in [5.41, 5.74) is 3.58. The highest BCUT2D eigenvalue weighted by Gasteiger charge is 2.40. The van der Waals surface area contributed by atoms with Crippen molar-refractivity contribution in [2.75, 3.05) is 0 Å². The van der Waals surface area contributed by atoms with Crippen LogP contribution in [-0.4, -0.2) is 9.38 Å².